The first-order valence-corrected chi connectivity index (χ1v) is 10.2. The molecule has 7 nitrogen and oxygen atoms in total. The van der Waals surface area contributed by atoms with Crippen LogP contribution in [0.15, 0.2) is 60.7 Å². The van der Waals surface area contributed by atoms with Crippen molar-refractivity contribution in [1.82, 2.24) is 9.80 Å². The molecule has 0 unspecified atom stereocenters. The van der Waals surface area contributed by atoms with Crippen LogP contribution in [-0.4, -0.2) is 61.4 Å². The van der Waals surface area contributed by atoms with Crippen molar-refractivity contribution >= 4 is 12.2 Å². The van der Waals surface area contributed by atoms with E-state index < -0.39 is 0 Å². The van der Waals surface area contributed by atoms with Crippen LogP contribution >= 0.6 is 0 Å². The third kappa shape index (κ3) is 7.08. The second kappa shape index (κ2) is 11.8. The summed E-state index contributed by atoms with van der Waals surface area (Å²) >= 11 is 0. The van der Waals surface area contributed by atoms with Crippen LogP contribution in [0.5, 0.6) is 0 Å². The van der Waals surface area contributed by atoms with Gasteiger partial charge in [-0.3, -0.25) is 0 Å². The number of hydrogen-bond acceptors (Lipinski definition) is 5. The van der Waals surface area contributed by atoms with E-state index >= 15 is 0 Å². The molecule has 1 fully saturated rings. The lowest BCUT2D eigenvalue weighted by Crippen LogP contribution is -2.50. The molecule has 1 aliphatic heterocycles. The standard InChI is InChI=1S/C23H28N2O5/c26-22(29-17-7-16-28-18-20-8-3-1-4-9-20)24-12-14-25(15-13-24)23(27)30-19-21-10-5-2-6-11-21/h1-6,8-11H,7,12-19H2. The minimum absolute atomic E-state index is 0.244. The molecule has 1 saturated heterocycles. The molecular weight excluding hydrogens is 384 g/mol. The Balaban J connectivity index is 1.25. The summed E-state index contributed by atoms with van der Waals surface area (Å²) in [5, 5.41) is 0. The Morgan fingerprint density at radius 2 is 1.17 bits per heavy atom. The van der Waals surface area contributed by atoms with Gasteiger partial charge in [0.15, 0.2) is 0 Å². The molecule has 0 radical (unpaired) electrons. The van der Waals surface area contributed by atoms with E-state index in [0.29, 0.717) is 52.4 Å². The third-order valence-corrected chi connectivity index (χ3v) is 4.77. The number of carbonyl (C=O) groups is 2. The second-order valence-corrected chi connectivity index (χ2v) is 7.02. The quantitative estimate of drug-likeness (QED) is 0.619. The van der Waals surface area contributed by atoms with E-state index in [0.717, 1.165) is 11.1 Å². The van der Waals surface area contributed by atoms with Crippen LogP contribution in [0.3, 0.4) is 0 Å². The Labute approximate surface area is 177 Å². The molecule has 2 amide bonds. The fourth-order valence-electron chi connectivity index (χ4n) is 3.06. The molecule has 0 saturated carbocycles. The highest BCUT2D eigenvalue weighted by atomic mass is 16.6. The van der Waals surface area contributed by atoms with Gasteiger partial charge in [0.05, 0.1) is 19.8 Å². The molecule has 160 valence electrons. The van der Waals surface area contributed by atoms with Crippen LogP contribution < -0.4 is 0 Å². The summed E-state index contributed by atoms with van der Waals surface area (Å²) in [5.41, 5.74) is 2.07. The van der Waals surface area contributed by atoms with Crippen LogP contribution in [0.1, 0.15) is 17.5 Å². The predicted octanol–water partition coefficient (Wildman–Crippen LogP) is 3.68. The zero-order valence-corrected chi connectivity index (χ0v) is 17.1. The lowest BCUT2D eigenvalue weighted by molar-refractivity contribution is 0.0514. The van der Waals surface area contributed by atoms with Gasteiger partial charge < -0.3 is 24.0 Å². The lowest BCUT2D eigenvalue weighted by atomic mass is 10.2. The normalized spacial score (nSPS) is 13.7. The van der Waals surface area contributed by atoms with Crippen LogP contribution in [0.25, 0.3) is 0 Å². The Bertz CT molecular complexity index is 777. The highest BCUT2D eigenvalue weighted by molar-refractivity contribution is 5.70. The molecule has 2 aromatic carbocycles. The average molecular weight is 412 g/mol. The van der Waals surface area contributed by atoms with Gasteiger partial charge in [0, 0.05) is 32.6 Å². The smallest absolute Gasteiger partial charge is 0.410 e. The van der Waals surface area contributed by atoms with E-state index in [1.54, 1.807) is 9.80 Å². The number of nitrogens with zero attached hydrogens (tertiary/aromatic N) is 2. The minimum atomic E-state index is -0.359. The third-order valence-electron chi connectivity index (χ3n) is 4.77. The Hall–Kier alpha value is -3.06. The average Bonchev–Trinajstić information content (AvgIpc) is 2.81. The van der Waals surface area contributed by atoms with Crippen molar-refractivity contribution in [3.63, 3.8) is 0 Å². The molecule has 0 aromatic heterocycles. The predicted molar refractivity (Wildman–Crippen MR) is 112 cm³/mol. The fraction of sp³-hybridized carbons (Fsp3) is 0.391. The highest BCUT2D eigenvalue weighted by Gasteiger charge is 2.25. The van der Waals surface area contributed by atoms with Crippen LogP contribution in [0, 0.1) is 0 Å². The summed E-state index contributed by atoms with van der Waals surface area (Å²) in [6.07, 6.45) is -0.0672. The monoisotopic (exact) mass is 412 g/mol. The summed E-state index contributed by atoms with van der Waals surface area (Å²) in [7, 11) is 0. The Kier molecular flexibility index (Phi) is 8.53. The van der Waals surface area contributed by atoms with Crippen LogP contribution in [0.4, 0.5) is 9.59 Å². The zero-order chi connectivity index (χ0) is 21.0. The molecule has 30 heavy (non-hydrogen) atoms. The summed E-state index contributed by atoms with van der Waals surface area (Å²) in [4.78, 5) is 27.6. The second-order valence-electron chi connectivity index (χ2n) is 7.02. The largest absolute Gasteiger partial charge is 0.449 e. The molecule has 2 aromatic rings. The topological polar surface area (TPSA) is 68.3 Å². The SMILES string of the molecule is O=C(OCCCOCc1ccccc1)N1CCN(C(=O)OCc2ccccc2)CC1. The number of hydrogen-bond donors (Lipinski definition) is 0. The van der Waals surface area contributed by atoms with Gasteiger partial charge in [0.2, 0.25) is 0 Å². The molecular formula is C23H28N2O5. The van der Waals surface area contributed by atoms with Crippen molar-refractivity contribution < 1.29 is 23.8 Å². The van der Waals surface area contributed by atoms with Crippen molar-refractivity contribution in [3.8, 4) is 0 Å². The van der Waals surface area contributed by atoms with Gasteiger partial charge in [0.1, 0.15) is 6.61 Å². The summed E-state index contributed by atoms with van der Waals surface area (Å²) in [5.74, 6) is 0. The van der Waals surface area contributed by atoms with E-state index in [1.165, 1.54) is 0 Å². The van der Waals surface area contributed by atoms with E-state index in [2.05, 4.69) is 0 Å². The van der Waals surface area contributed by atoms with Crippen molar-refractivity contribution in [1.29, 1.82) is 0 Å². The van der Waals surface area contributed by atoms with Crippen molar-refractivity contribution in [2.24, 2.45) is 0 Å². The fourth-order valence-corrected chi connectivity index (χ4v) is 3.06. The minimum Gasteiger partial charge on any atom is -0.449 e. The maximum atomic E-state index is 12.2. The number of carbonyl (C=O) groups excluding carboxylic acids is 2. The van der Waals surface area contributed by atoms with Gasteiger partial charge in [-0.15, -0.1) is 0 Å². The first-order valence-electron chi connectivity index (χ1n) is 10.2. The van der Waals surface area contributed by atoms with E-state index in [-0.39, 0.29) is 18.8 Å². The number of amides is 2. The number of ether oxygens (including phenoxy) is 3. The number of benzene rings is 2. The maximum Gasteiger partial charge on any atom is 0.410 e. The Morgan fingerprint density at radius 1 is 0.667 bits per heavy atom. The Morgan fingerprint density at radius 3 is 1.73 bits per heavy atom. The van der Waals surface area contributed by atoms with E-state index in [4.69, 9.17) is 14.2 Å². The number of piperazine rings is 1. The van der Waals surface area contributed by atoms with Gasteiger partial charge in [-0.25, -0.2) is 9.59 Å². The molecule has 0 atom stereocenters. The van der Waals surface area contributed by atoms with Crippen molar-refractivity contribution in [2.45, 2.75) is 19.6 Å². The molecule has 0 spiro atoms. The summed E-state index contributed by atoms with van der Waals surface area (Å²) in [6, 6.07) is 19.5. The maximum absolute atomic E-state index is 12.2. The molecule has 0 N–H and O–H groups in total. The van der Waals surface area contributed by atoms with Crippen molar-refractivity contribution in [3.05, 3.63) is 71.8 Å². The van der Waals surface area contributed by atoms with Gasteiger partial charge >= 0.3 is 12.2 Å². The van der Waals surface area contributed by atoms with E-state index in [1.807, 2.05) is 60.7 Å². The molecule has 0 bridgehead atoms. The van der Waals surface area contributed by atoms with Gasteiger partial charge in [-0.1, -0.05) is 60.7 Å². The molecule has 3 rings (SSSR count). The molecule has 1 aliphatic rings. The first kappa shape index (κ1) is 21.6. The lowest BCUT2D eigenvalue weighted by Gasteiger charge is -2.33. The van der Waals surface area contributed by atoms with Crippen molar-refractivity contribution in [2.75, 3.05) is 39.4 Å². The van der Waals surface area contributed by atoms with Gasteiger partial charge in [-0.2, -0.15) is 0 Å². The van der Waals surface area contributed by atoms with Crippen LogP contribution in [-0.2, 0) is 27.4 Å². The summed E-state index contributed by atoms with van der Waals surface area (Å²) < 4.78 is 16.2. The van der Waals surface area contributed by atoms with Gasteiger partial charge in [-0.05, 0) is 11.1 Å². The molecule has 7 heteroatoms. The molecule has 0 aliphatic carbocycles. The summed E-state index contributed by atoms with van der Waals surface area (Å²) in [6.45, 7) is 3.38. The zero-order valence-electron chi connectivity index (χ0n) is 17.1. The molecule has 1 heterocycles. The van der Waals surface area contributed by atoms with Crippen LogP contribution in [0.2, 0.25) is 0 Å². The highest BCUT2D eigenvalue weighted by Crippen LogP contribution is 2.08. The first-order chi connectivity index (χ1) is 14.7. The number of rotatable bonds is 8. The van der Waals surface area contributed by atoms with Gasteiger partial charge in [0.25, 0.3) is 0 Å². The van der Waals surface area contributed by atoms with E-state index in [9.17, 15) is 9.59 Å².